The first kappa shape index (κ1) is 24.4. The van der Waals surface area contributed by atoms with Crippen molar-refractivity contribution >= 4 is 0 Å². The van der Waals surface area contributed by atoms with Crippen LogP contribution in [-0.2, 0) is 6.42 Å². The molecule has 0 saturated heterocycles. The van der Waals surface area contributed by atoms with Gasteiger partial charge in [0, 0.05) is 41.7 Å². The predicted octanol–water partition coefficient (Wildman–Crippen LogP) is 5.04. The van der Waals surface area contributed by atoms with Crippen molar-refractivity contribution in [3.8, 4) is 5.69 Å². The Morgan fingerprint density at radius 3 is 2.26 bits per heavy atom. The van der Waals surface area contributed by atoms with Crippen LogP contribution in [0.4, 0.5) is 17.6 Å². The molecule has 5 nitrogen and oxygen atoms in total. The van der Waals surface area contributed by atoms with Crippen molar-refractivity contribution in [1.29, 1.82) is 0 Å². The topological polar surface area (TPSA) is 60.0 Å². The summed E-state index contributed by atoms with van der Waals surface area (Å²) in [5.41, 5.74) is 2.33. The van der Waals surface area contributed by atoms with Gasteiger partial charge in [-0.3, -0.25) is 4.79 Å². The van der Waals surface area contributed by atoms with Crippen LogP contribution in [0, 0.1) is 25.5 Å². The van der Waals surface area contributed by atoms with E-state index in [-0.39, 0.29) is 17.5 Å². The Morgan fingerprint density at radius 2 is 1.69 bits per heavy atom. The second-order valence-electron chi connectivity index (χ2n) is 8.43. The van der Waals surface area contributed by atoms with Crippen LogP contribution in [0.1, 0.15) is 46.0 Å². The lowest BCUT2D eigenvalue weighted by Gasteiger charge is -2.21. The van der Waals surface area contributed by atoms with Gasteiger partial charge >= 0.3 is 0 Å². The molecule has 0 fully saturated rings. The van der Waals surface area contributed by atoms with Crippen LogP contribution in [0.25, 0.3) is 5.69 Å². The largest absolute Gasteiger partial charge is 0.394 e. The van der Waals surface area contributed by atoms with Crippen molar-refractivity contribution in [2.75, 3.05) is 6.61 Å². The first-order valence-corrected chi connectivity index (χ1v) is 10.9. The number of nitrogens with zero attached hydrogens (tertiary/aromatic N) is 3. The van der Waals surface area contributed by atoms with Gasteiger partial charge in [-0.05, 0) is 54.8 Å². The second kappa shape index (κ2) is 9.87. The van der Waals surface area contributed by atoms with Gasteiger partial charge in [-0.15, -0.1) is 0 Å². The van der Waals surface area contributed by atoms with Crippen LogP contribution in [0.5, 0.6) is 0 Å². The number of halogens is 4. The van der Waals surface area contributed by atoms with Crippen LogP contribution in [0.3, 0.4) is 0 Å². The van der Waals surface area contributed by atoms with E-state index in [2.05, 4.69) is 4.98 Å². The highest BCUT2D eigenvalue weighted by molar-refractivity contribution is 5.44. The number of rotatable bonds is 7. The summed E-state index contributed by atoms with van der Waals surface area (Å²) in [5.74, 6) is -1.80. The fourth-order valence-corrected chi connectivity index (χ4v) is 4.17. The lowest BCUT2D eigenvalue weighted by Crippen LogP contribution is -2.30. The highest BCUT2D eigenvalue weighted by Crippen LogP contribution is 2.25. The molecule has 182 valence electrons. The average Bonchev–Trinajstić information content (AvgIpc) is 3.21. The third-order valence-electron chi connectivity index (χ3n) is 5.81. The molecule has 9 heteroatoms. The van der Waals surface area contributed by atoms with Gasteiger partial charge in [0.25, 0.3) is 12.0 Å². The van der Waals surface area contributed by atoms with E-state index in [4.69, 9.17) is 0 Å². The van der Waals surface area contributed by atoms with Crippen LogP contribution in [0.2, 0.25) is 0 Å². The van der Waals surface area contributed by atoms with Crippen LogP contribution >= 0.6 is 0 Å². The predicted molar refractivity (Wildman–Crippen MR) is 123 cm³/mol. The van der Waals surface area contributed by atoms with Gasteiger partial charge in [0.05, 0.1) is 24.7 Å². The maximum Gasteiger partial charge on any atom is 0.265 e. The van der Waals surface area contributed by atoms with E-state index in [9.17, 15) is 27.5 Å². The van der Waals surface area contributed by atoms with Crippen molar-refractivity contribution in [1.82, 2.24) is 14.1 Å². The van der Waals surface area contributed by atoms with E-state index in [0.29, 0.717) is 6.07 Å². The summed E-state index contributed by atoms with van der Waals surface area (Å²) in [5, 5.41) is 9.93. The molecule has 1 N–H and O–H groups in total. The summed E-state index contributed by atoms with van der Waals surface area (Å²) in [4.78, 5) is 17.5. The number of aromatic nitrogens is 3. The summed E-state index contributed by atoms with van der Waals surface area (Å²) in [7, 11) is 0. The molecule has 4 aromatic rings. The zero-order valence-corrected chi connectivity index (χ0v) is 19.1. The second-order valence-corrected chi connectivity index (χ2v) is 8.43. The van der Waals surface area contributed by atoms with E-state index < -0.39 is 41.8 Å². The lowest BCUT2D eigenvalue weighted by atomic mass is 10.0. The van der Waals surface area contributed by atoms with E-state index in [1.165, 1.54) is 0 Å². The molecule has 0 bridgehead atoms. The van der Waals surface area contributed by atoms with Crippen LogP contribution in [0.15, 0.2) is 66.0 Å². The zero-order chi connectivity index (χ0) is 25.3. The van der Waals surface area contributed by atoms with Gasteiger partial charge in [0.15, 0.2) is 0 Å². The van der Waals surface area contributed by atoms with E-state index in [0.717, 1.165) is 51.5 Å². The molecule has 4 rings (SSSR count). The Kier molecular flexibility index (Phi) is 6.88. The molecule has 0 unspecified atom stereocenters. The molecular weight excluding hydrogens is 462 g/mol. The summed E-state index contributed by atoms with van der Waals surface area (Å²) < 4.78 is 57.7. The number of aliphatic hydroxyl groups is 1. The quantitative estimate of drug-likeness (QED) is 0.373. The minimum absolute atomic E-state index is 0.0414. The molecule has 0 aliphatic carbocycles. The fraction of sp³-hybridized carbons (Fsp3) is 0.231. The molecule has 0 aliphatic rings. The average molecular weight is 485 g/mol. The number of hydrogen-bond acceptors (Lipinski definition) is 3. The summed E-state index contributed by atoms with van der Waals surface area (Å²) in [6.07, 6.45) is 1.65. The number of hydrogen-bond donors (Lipinski definition) is 1. The van der Waals surface area contributed by atoms with Gasteiger partial charge in [-0.1, -0.05) is 12.1 Å². The molecular formula is C26H23F4N3O2. The van der Waals surface area contributed by atoms with E-state index in [1.807, 2.05) is 36.7 Å². The smallest absolute Gasteiger partial charge is 0.265 e. The first-order valence-electron chi connectivity index (χ1n) is 10.9. The summed E-state index contributed by atoms with van der Waals surface area (Å²) in [6.45, 7) is 3.05. The van der Waals surface area contributed by atoms with Crippen molar-refractivity contribution < 1.29 is 22.7 Å². The fourth-order valence-electron chi connectivity index (χ4n) is 4.17. The molecule has 2 aromatic heterocycles. The number of pyridine rings is 1. The zero-order valence-electron chi connectivity index (χ0n) is 19.1. The van der Waals surface area contributed by atoms with Crippen LogP contribution < -0.4 is 5.56 Å². The Bertz CT molecular complexity index is 1410. The van der Waals surface area contributed by atoms with Gasteiger partial charge in [-0.2, -0.15) is 0 Å². The Hall–Kier alpha value is -3.72. The Morgan fingerprint density at radius 1 is 0.971 bits per heavy atom. The molecule has 0 saturated carbocycles. The van der Waals surface area contributed by atoms with Crippen molar-refractivity contribution in [3.05, 3.63) is 117 Å². The normalized spacial score (nSPS) is 12.3. The number of aryl methyl sites for hydroxylation is 2. The van der Waals surface area contributed by atoms with Crippen molar-refractivity contribution in [3.63, 3.8) is 0 Å². The molecule has 0 amide bonds. The molecule has 1 atom stereocenters. The van der Waals surface area contributed by atoms with Crippen molar-refractivity contribution in [2.45, 2.75) is 32.7 Å². The minimum atomic E-state index is -2.89. The highest BCUT2D eigenvalue weighted by atomic mass is 19.3. The first-order chi connectivity index (χ1) is 16.7. The minimum Gasteiger partial charge on any atom is -0.394 e. The van der Waals surface area contributed by atoms with Crippen LogP contribution in [-0.4, -0.2) is 25.8 Å². The molecule has 0 aliphatic heterocycles. The standard InChI is InChI=1S/C26H23F4N3O2/c1-15-5-17(3-4-23(15)32-11-16(2)31-14-32)6-19-7-20(25(29)30)12-33(26(19)35)24(13-34)18-8-21(27)10-22(28)9-18/h3-5,7-12,14,24-25,34H,6,13H2,1-2H3/t24-/m0/s1. The molecule has 35 heavy (non-hydrogen) atoms. The van der Waals surface area contributed by atoms with E-state index >= 15 is 0 Å². The summed E-state index contributed by atoms with van der Waals surface area (Å²) in [6, 6.07) is 7.98. The Balaban J connectivity index is 1.76. The number of benzene rings is 2. The monoisotopic (exact) mass is 485 g/mol. The Labute approximate surface area is 198 Å². The highest BCUT2D eigenvalue weighted by Gasteiger charge is 2.21. The SMILES string of the molecule is Cc1cn(-c2ccc(Cc3cc(C(F)F)cn([C@@H](CO)c4cc(F)cc(F)c4)c3=O)cc2C)cn1. The van der Waals surface area contributed by atoms with Gasteiger partial charge in [0.2, 0.25) is 0 Å². The van der Waals surface area contributed by atoms with Gasteiger partial charge < -0.3 is 14.2 Å². The third kappa shape index (κ3) is 5.19. The molecule has 0 radical (unpaired) electrons. The van der Waals surface area contributed by atoms with E-state index in [1.54, 1.807) is 12.4 Å². The number of aliphatic hydroxyl groups excluding tert-OH is 1. The maximum atomic E-state index is 13.8. The lowest BCUT2D eigenvalue weighted by molar-refractivity contribution is 0.149. The third-order valence-corrected chi connectivity index (χ3v) is 5.81. The molecule has 2 aromatic carbocycles. The molecule has 0 spiro atoms. The van der Waals surface area contributed by atoms with Gasteiger partial charge in [-0.25, -0.2) is 22.5 Å². The van der Waals surface area contributed by atoms with Crippen molar-refractivity contribution in [2.24, 2.45) is 0 Å². The number of imidazole rings is 1. The van der Waals surface area contributed by atoms with Gasteiger partial charge in [0.1, 0.15) is 11.6 Å². The molecule has 2 heterocycles. The number of alkyl halides is 2. The summed E-state index contributed by atoms with van der Waals surface area (Å²) >= 11 is 0. The maximum absolute atomic E-state index is 13.8.